The SMILES string of the molecule is CN1C(=O)[C@@H](NC(=O)OC(C)(C)C)COc2ccc(OC[C@@H]3C[C@@H](O[Si](C)(C)C(C)(C)C)CN3C)cc21. The van der Waals surface area contributed by atoms with E-state index in [-0.39, 0.29) is 29.7 Å². The minimum atomic E-state index is -1.83. The zero-order chi connectivity index (χ0) is 27.8. The second-order valence-corrected chi connectivity index (χ2v) is 17.4. The molecular formula is C27H45N3O6Si. The lowest BCUT2D eigenvalue weighted by Crippen LogP contribution is -2.50. The Bertz CT molecular complexity index is 987. The third-order valence-electron chi connectivity index (χ3n) is 7.38. The van der Waals surface area contributed by atoms with E-state index in [1.54, 1.807) is 33.9 Å². The van der Waals surface area contributed by atoms with Crippen LogP contribution in [0.25, 0.3) is 0 Å². The molecule has 0 radical (unpaired) electrons. The van der Waals surface area contributed by atoms with Crippen molar-refractivity contribution in [3.8, 4) is 11.5 Å². The van der Waals surface area contributed by atoms with Crippen LogP contribution >= 0.6 is 0 Å². The van der Waals surface area contributed by atoms with E-state index in [4.69, 9.17) is 18.6 Å². The van der Waals surface area contributed by atoms with Crippen molar-refractivity contribution in [3.05, 3.63) is 18.2 Å². The molecule has 0 saturated carbocycles. The van der Waals surface area contributed by atoms with Crippen LogP contribution < -0.4 is 19.7 Å². The van der Waals surface area contributed by atoms with Crippen molar-refractivity contribution in [2.75, 3.05) is 38.8 Å². The molecule has 1 saturated heterocycles. The molecule has 37 heavy (non-hydrogen) atoms. The predicted octanol–water partition coefficient (Wildman–Crippen LogP) is 4.41. The Balaban J connectivity index is 1.61. The second kappa shape index (κ2) is 10.8. The van der Waals surface area contributed by atoms with Crippen molar-refractivity contribution in [1.82, 2.24) is 10.2 Å². The monoisotopic (exact) mass is 535 g/mol. The smallest absolute Gasteiger partial charge is 0.408 e. The van der Waals surface area contributed by atoms with E-state index in [9.17, 15) is 9.59 Å². The molecule has 3 rings (SSSR count). The van der Waals surface area contributed by atoms with Crippen molar-refractivity contribution < 1.29 is 28.2 Å². The van der Waals surface area contributed by atoms with Crippen LogP contribution in [-0.4, -0.2) is 82.9 Å². The Kier molecular flexibility index (Phi) is 8.56. The molecule has 2 heterocycles. The van der Waals surface area contributed by atoms with E-state index in [1.165, 1.54) is 4.90 Å². The maximum Gasteiger partial charge on any atom is 0.408 e. The van der Waals surface area contributed by atoms with Crippen LogP contribution in [0.15, 0.2) is 18.2 Å². The molecule has 2 amide bonds. The predicted molar refractivity (Wildman–Crippen MR) is 147 cm³/mol. The molecule has 0 unspecified atom stereocenters. The van der Waals surface area contributed by atoms with Gasteiger partial charge < -0.3 is 28.9 Å². The average molecular weight is 536 g/mol. The van der Waals surface area contributed by atoms with Gasteiger partial charge in [-0.15, -0.1) is 0 Å². The van der Waals surface area contributed by atoms with E-state index in [0.717, 1.165) is 13.0 Å². The number of nitrogens with one attached hydrogen (secondary N) is 1. The molecule has 1 fully saturated rings. The number of hydrogen-bond donors (Lipinski definition) is 1. The molecule has 10 heteroatoms. The Morgan fingerprint density at radius 2 is 1.84 bits per heavy atom. The van der Waals surface area contributed by atoms with Crippen LogP contribution in [0.3, 0.4) is 0 Å². The van der Waals surface area contributed by atoms with E-state index in [0.29, 0.717) is 23.8 Å². The number of hydrogen-bond acceptors (Lipinski definition) is 7. The number of carbonyl (C=O) groups excluding carboxylic acids is 2. The zero-order valence-corrected chi connectivity index (χ0v) is 25.1. The molecule has 0 spiro atoms. The van der Waals surface area contributed by atoms with Gasteiger partial charge in [-0.1, -0.05) is 20.8 Å². The van der Waals surface area contributed by atoms with Gasteiger partial charge in [0.2, 0.25) is 0 Å². The number of benzene rings is 1. The van der Waals surface area contributed by atoms with Gasteiger partial charge in [0.1, 0.15) is 36.4 Å². The van der Waals surface area contributed by atoms with Crippen molar-refractivity contribution in [1.29, 1.82) is 0 Å². The fraction of sp³-hybridized carbons (Fsp3) is 0.704. The Hall–Kier alpha value is -2.30. The Morgan fingerprint density at radius 3 is 2.46 bits per heavy atom. The summed E-state index contributed by atoms with van der Waals surface area (Å²) in [7, 11) is 1.94. The number of fused-ring (bicyclic) bond motifs is 1. The third-order valence-corrected chi connectivity index (χ3v) is 11.9. The van der Waals surface area contributed by atoms with Crippen LogP contribution in [0, 0.1) is 0 Å². The number of carbonyl (C=O) groups is 2. The molecule has 2 aliphatic heterocycles. The number of amides is 2. The fourth-order valence-electron chi connectivity index (χ4n) is 4.22. The summed E-state index contributed by atoms with van der Waals surface area (Å²) in [5, 5.41) is 2.79. The summed E-state index contributed by atoms with van der Waals surface area (Å²) < 4.78 is 24.0. The van der Waals surface area contributed by atoms with Gasteiger partial charge in [-0.2, -0.15) is 0 Å². The molecule has 0 aliphatic carbocycles. The summed E-state index contributed by atoms with van der Waals surface area (Å²) >= 11 is 0. The van der Waals surface area contributed by atoms with E-state index >= 15 is 0 Å². The van der Waals surface area contributed by atoms with Crippen LogP contribution in [0.1, 0.15) is 48.0 Å². The highest BCUT2D eigenvalue weighted by Gasteiger charge is 2.42. The Labute approximate surface area is 222 Å². The number of alkyl carbamates (subject to hydrolysis) is 1. The molecule has 1 N–H and O–H groups in total. The largest absolute Gasteiger partial charge is 0.492 e. The number of rotatable bonds is 6. The number of likely N-dealkylation sites (N-methyl/N-ethyl adjacent to an activating group) is 2. The lowest BCUT2D eigenvalue weighted by Gasteiger charge is -2.38. The highest BCUT2D eigenvalue weighted by atomic mass is 28.4. The topological polar surface area (TPSA) is 89.6 Å². The summed E-state index contributed by atoms with van der Waals surface area (Å²) in [4.78, 5) is 29.1. The van der Waals surface area contributed by atoms with Crippen LogP contribution in [0.4, 0.5) is 10.5 Å². The molecular weight excluding hydrogens is 490 g/mol. The van der Waals surface area contributed by atoms with Crippen LogP contribution in [0.5, 0.6) is 11.5 Å². The number of anilines is 1. The molecule has 1 aromatic rings. The number of nitrogens with zero attached hydrogens (tertiary/aromatic N) is 2. The normalized spacial score (nSPS) is 23.2. The first-order chi connectivity index (χ1) is 17.0. The molecule has 0 aromatic heterocycles. The summed E-state index contributed by atoms with van der Waals surface area (Å²) in [5.74, 6) is 0.920. The fourth-order valence-corrected chi connectivity index (χ4v) is 5.57. The summed E-state index contributed by atoms with van der Waals surface area (Å²) in [6.45, 7) is 18.1. The van der Waals surface area contributed by atoms with Crippen LogP contribution in [0.2, 0.25) is 18.1 Å². The van der Waals surface area contributed by atoms with Gasteiger partial charge in [0.25, 0.3) is 5.91 Å². The summed E-state index contributed by atoms with van der Waals surface area (Å²) in [6.07, 6.45) is 0.473. The second-order valence-electron chi connectivity index (χ2n) is 12.7. The van der Waals surface area contributed by atoms with Crippen molar-refractivity contribution in [2.24, 2.45) is 0 Å². The quantitative estimate of drug-likeness (QED) is 0.540. The van der Waals surface area contributed by atoms with E-state index in [1.807, 2.05) is 12.1 Å². The first-order valence-electron chi connectivity index (χ1n) is 13.0. The lowest BCUT2D eigenvalue weighted by atomic mass is 10.2. The zero-order valence-electron chi connectivity index (χ0n) is 24.1. The summed E-state index contributed by atoms with van der Waals surface area (Å²) in [6, 6.07) is 4.83. The van der Waals surface area contributed by atoms with E-state index in [2.05, 4.69) is 51.1 Å². The molecule has 3 atom stereocenters. The minimum Gasteiger partial charge on any atom is -0.492 e. The number of likely N-dealkylation sites (tertiary alicyclic amines) is 1. The molecule has 208 valence electrons. The van der Waals surface area contributed by atoms with Crippen molar-refractivity contribution in [2.45, 2.75) is 89.9 Å². The number of ether oxygens (including phenoxy) is 3. The van der Waals surface area contributed by atoms with Crippen molar-refractivity contribution in [3.63, 3.8) is 0 Å². The van der Waals surface area contributed by atoms with Crippen LogP contribution in [-0.2, 0) is 14.0 Å². The first kappa shape index (κ1) is 29.3. The van der Waals surface area contributed by atoms with E-state index < -0.39 is 26.1 Å². The van der Waals surface area contributed by atoms with Gasteiger partial charge in [-0.3, -0.25) is 9.69 Å². The van der Waals surface area contributed by atoms with Crippen molar-refractivity contribution >= 4 is 26.0 Å². The maximum absolute atomic E-state index is 13.1. The van der Waals surface area contributed by atoms with Gasteiger partial charge in [0.15, 0.2) is 8.32 Å². The molecule has 2 aliphatic rings. The highest BCUT2D eigenvalue weighted by Crippen LogP contribution is 2.39. The Morgan fingerprint density at radius 1 is 1.16 bits per heavy atom. The average Bonchev–Trinajstić information content (AvgIpc) is 3.05. The highest BCUT2D eigenvalue weighted by molar-refractivity contribution is 6.74. The molecule has 9 nitrogen and oxygen atoms in total. The standard InChI is InChI=1S/C27H45N3O6Si/c1-26(2,3)35-25(32)28-21-17-34-23-12-11-19(14-22(23)30(8)24(21)31)33-16-18-13-20(15-29(18)7)36-37(9,10)27(4,5)6/h11-12,14,18,20-21H,13,15-17H2,1-10H3,(H,28,32)/t18-,20+,21-/m0/s1. The molecule has 1 aromatic carbocycles. The third kappa shape index (κ3) is 7.39. The summed E-state index contributed by atoms with van der Waals surface area (Å²) in [5.41, 5.74) is -0.0701. The van der Waals surface area contributed by atoms with Gasteiger partial charge in [0.05, 0.1) is 11.8 Å². The lowest BCUT2D eigenvalue weighted by molar-refractivity contribution is -0.120. The van der Waals surface area contributed by atoms with Gasteiger partial charge in [-0.05, 0) is 64.5 Å². The minimum absolute atomic E-state index is 0.0120. The van der Waals surface area contributed by atoms with Gasteiger partial charge in [0, 0.05) is 25.7 Å². The maximum atomic E-state index is 13.1. The molecule has 0 bridgehead atoms. The van der Waals surface area contributed by atoms with Gasteiger partial charge in [-0.25, -0.2) is 4.79 Å². The first-order valence-corrected chi connectivity index (χ1v) is 15.9. The van der Waals surface area contributed by atoms with Gasteiger partial charge >= 0.3 is 6.09 Å².